The molecule has 2 aliphatic heterocycles. The molecule has 1 fully saturated rings. The van der Waals surface area contributed by atoms with E-state index in [1.165, 1.54) is 4.90 Å². The van der Waals surface area contributed by atoms with Crippen LogP contribution in [-0.4, -0.2) is 86.8 Å². The molecule has 3 aromatic rings. The van der Waals surface area contributed by atoms with Crippen molar-refractivity contribution >= 4 is 23.6 Å². The van der Waals surface area contributed by atoms with E-state index in [4.69, 9.17) is 9.26 Å². The van der Waals surface area contributed by atoms with E-state index in [1.54, 1.807) is 54.7 Å². The van der Waals surface area contributed by atoms with Gasteiger partial charge in [0.15, 0.2) is 6.61 Å². The number of fused-ring (bicyclic) bond motifs is 4. The van der Waals surface area contributed by atoms with Crippen LogP contribution in [0.2, 0.25) is 0 Å². The topological polar surface area (TPSA) is 160 Å². The highest BCUT2D eigenvalue weighted by Crippen LogP contribution is 2.25. The van der Waals surface area contributed by atoms with E-state index in [-0.39, 0.29) is 42.2 Å². The van der Waals surface area contributed by atoms with Crippen LogP contribution in [0.3, 0.4) is 0 Å². The van der Waals surface area contributed by atoms with Crippen LogP contribution in [-0.2, 0) is 33.8 Å². The quantitative estimate of drug-likeness (QED) is 0.415. The summed E-state index contributed by atoms with van der Waals surface area (Å²) < 4.78 is 11.4. The van der Waals surface area contributed by atoms with Crippen molar-refractivity contribution in [1.29, 1.82) is 0 Å². The zero-order valence-electron chi connectivity index (χ0n) is 29.3. The lowest BCUT2D eigenvalue weighted by Gasteiger charge is -2.34. The molecule has 50 heavy (non-hydrogen) atoms. The maximum Gasteiger partial charge on any atom is 0.255 e. The molecule has 1 saturated heterocycles. The average molecular weight is 688 g/mol. The van der Waals surface area contributed by atoms with Gasteiger partial charge in [0.25, 0.3) is 5.91 Å². The molecular weight excluding hydrogens is 638 g/mol. The number of carbonyl (C=O) groups excluding carboxylic acids is 4. The first-order chi connectivity index (χ1) is 24.2. The van der Waals surface area contributed by atoms with Gasteiger partial charge in [-0.15, -0.1) is 0 Å². The van der Waals surface area contributed by atoms with Crippen molar-refractivity contribution in [3.63, 3.8) is 0 Å². The molecule has 1 aromatic carbocycles. The number of pyridine rings is 1. The standard InChI is InChI=1S/C37H49N7O6/c1-25(2)21-28-36(47)44-20-12-15-29(44)37(48)43(3)30(22-26-13-11-18-38-23-26)35(46)39-19-10-6-4-5-7-17-33-41-32(42-50-33)24-49-31-16-9-8-14-27(31)34(45)40-28/h8-9,11,13-14,16,18,23,25,28-30H,4-7,10,12,15,17,19-22,24H2,1-3H3,(H,39,46)(H,40,45)/t28-,29-,30+/m1/s1. The first-order valence-corrected chi connectivity index (χ1v) is 17.8. The van der Waals surface area contributed by atoms with Crippen molar-refractivity contribution in [2.45, 2.75) is 103 Å². The maximum absolute atomic E-state index is 14.2. The van der Waals surface area contributed by atoms with Crippen LogP contribution in [0.15, 0.2) is 53.3 Å². The molecule has 2 N–H and O–H groups in total. The molecule has 5 rings (SSSR count). The second kappa shape index (κ2) is 17.7. The fourth-order valence-electron chi connectivity index (χ4n) is 6.59. The Hall–Kier alpha value is -4.81. The number of likely N-dealkylation sites (N-methyl/N-ethyl adjacent to an activating group) is 1. The highest BCUT2D eigenvalue weighted by atomic mass is 16.5. The van der Waals surface area contributed by atoms with Gasteiger partial charge >= 0.3 is 0 Å². The molecule has 0 unspecified atom stereocenters. The van der Waals surface area contributed by atoms with Crippen LogP contribution in [0, 0.1) is 5.92 Å². The predicted octanol–water partition coefficient (Wildman–Crippen LogP) is 3.87. The van der Waals surface area contributed by atoms with Crippen LogP contribution < -0.4 is 15.4 Å². The van der Waals surface area contributed by atoms with Gasteiger partial charge in [-0.2, -0.15) is 4.98 Å². The van der Waals surface area contributed by atoms with E-state index >= 15 is 0 Å². The van der Waals surface area contributed by atoms with Crippen LogP contribution in [0.25, 0.3) is 0 Å². The summed E-state index contributed by atoms with van der Waals surface area (Å²) in [6.45, 7) is 4.84. The van der Waals surface area contributed by atoms with Gasteiger partial charge < -0.3 is 29.7 Å². The lowest BCUT2D eigenvalue weighted by atomic mass is 10.0. The number of ether oxygens (including phenoxy) is 1. The molecule has 0 saturated carbocycles. The van der Waals surface area contributed by atoms with Gasteiger partial charge in [0.1, 0.15) is 23.9 Å². The van der Waals surface area contributed by atoms with Crippen LogP contribution in [0.4, 0.5) is 0 Å². The maximum atomic E-state index is 14.2. The zero-order valence-corrected chi connectivity index (χ0v) is 29.3. The molecule has 13 nitrogen and oxygen atoms in total. The fraction of sp³-hybridized carbons (Fsp3) is 0.541. The summed E-state index contributed by atoms with van der Waals surface area (Å²) in [5.41, 5.74) is 1.09. The van der Waals surface area contributed by atoms with Crippen molar-refractivity contribution in [3.8, 4) is 5.75 Å². The predicted molar refractivity (Wildman–Crippen MR) is 185 cm³/mol. The van der Waals surface area contributed by atoms with Gasteiger partial charge in [0.05, 0.1) is 5.56 Å². The van der Waals surface area contributed by atoms with E-state index in [9.17, 15) is 19.2 Å². The van der Waals surface area contributed by atoms with Gasteiger partial charge in [-0.25, -0.2) is 0 Å². The number of aromatic nitrogens is 3. The Morgan fingerprint density at radius 3 is 2.56 bits per heavy atom. The number of amides is 4. The van der Waals surface area contributed by atoms with Crippen molar-refractivity contribution < 1.29 is 28.4 Å². The van der Waals surface area contributed by atoms with Crippen molar-refractivity contribution in [3.05, 3.63) is 71.6 Å². The molecule has 0 radical (unpaired) electrons. The number of rotatable bonds is 4. The van der Waals surface area contributed by atoms with Crippen LogP contribution in [0.5, 0.6) is 5.75 Å². The summed E-state index contributed by atoms with van der Waals surface area (Å²) in [6.07, 6.45) is 10.3. The summed E-state index contributed by atoms with van der Waals surface area (Å²) >= 11 is 0. The minimum absolute atomic E-state index is 0.0146. The third kappa shape index (κ3) is 9.66. The molecule has 2 aromatic heterocycles. The summed E-state index contributed by atoms with van der Waals surface area (Å²) in [4.78, 5) is 67.5. The number of hydrogen-bond acceptors (Lipinski definition) is 9. The number of aryl methyl sites for hydroxylation is 1. The third-order valence-electron chi connectivity index (χ3n) is 9.27. The molecule has 4 amide bonds. The first-order valence-electron chi connectivity index (χ1n) is 17.8. The highest BCUT2D eigenvalue weighted by molar-refractivity contribution is 6.00. The largest absolute Gasteiger partial charge is 0.485 e. The summed E-state index contributed by atoms with van der Waals surface area (Å²) in [7, 11) is 1.63. The molecule has 4 heterocycles. The zero-order chi connectivity index (χ0) is 35.5. The smallest absolute Gasteiger partial charge is 0.255 e. The molecule has 13 heteroatoms. The monoisotopic (exact) mass is 687 g/mol. The van der Waals surface area contributed by atoms with Gasteiger partial charge in [-0.1, -0.05) is 56.5 Å². The number of nitrogens with one attached hydrogen (secondary N) is 2. The molecule has 3 atom stereocenters. The Morgan fingerprint density at radius 2 is 1.76 bits per heavy atom. The number of para-hydroxylation sites is 1. The number of carbonyl (C=O) groups is 4. The molecular formula is C37H49N7O6. The third-order valence-corrected chi connectivity index (χ3v) is 9.27. The lowest BCUT2D eigenvalue weighted by Crippen LogP contribution is -2.57. The second-order valence-electron chi connectivity index (χ2n) is 13.6. The Bertz CT molecular complexity index is 1600. The minimum Gasteiger partial charge on any atom is -0.485 e. The first kappa shape index (κ1) is 36.5. The van der Waals surface area contributed by atoms with Gasteiger partial charge in [-0.05, 0) is 61.8 Å². The Labute approximate surface area is 293 Å². The number of hydrogen-bond donors (Lipinski definition) is 2. The second-order valence-corrected chi connectivity index (χ2v) is 13.6. The average Bonchev–Trinajstić information content (AvgIpc) is 3.80. The lowest BCUT2D eigenvalue weighted by molar-refractivity contribution is -0.147. The van der Waals surface area contributed by atoms with Crippen molar-refractivity contribution in [2.75, 3.05) is 20.1 Å². The Kier molecular flexibility index (Phi) is 12.9. The van der Waals surface area contributed by atoms with E-state index in [0.29, 0.717) is 56.2 Å². The molecule has 2 bridgehead atoms. The molecule has 2 aliphatic rings. The molecule has 268 valence electrons. The summed E-state index contributed by atoms with van der Waals surface area (Å²) in [5, 5.41) is 10.0. The van der Waals surface area contributed by atoms with Gasteiger partial charge in [0.2, 0.25) is 29.4 Å². The number of nitrogens with zero attached hydrogens (tertiary/aromatic N) is 5. The fourth-order valence-corrected chi connectivity index (χ4v) is 6.59. The van der Waals surface area contributed by atoms with Gasteiger partial charge in [-0.3, -0.25) is 24.2 Å². The van der Waals surface area contributed by atoms with Crippen molar-refractivity contribution in [1.82, 2.24) is 35.6 Å². The Balaban J connectivity index is 1.40. The van der Waals surface area contributed by atoms with E-state index < -0.39 is 24.0 Å². The summed E-state index contributed by atoms with van der Waals surface area (Å²) in [6, 6.07) is 8.08. The van der Waals surface area contributed by atoms with E-state index in [0.717, 1.165) is 37.7 Å². The summed E-state index contributed by atoms with van der Waals surface area (Å²) in [5.74, 6) is -0.0361. The highest BCUT2D eigenvalue weighted by Gasteiger charge is 2.41. The Morgan fingerprint density at radius 1 is 0.960 bits per heavy atom. The van der Waals surface area contributed by atoms with E-state index in [2.05, 4.69) is 25.8 Å². The minimum atomic E-state index is -0.877. The van der Waals surface area contributed by atoms with Gasteiger partial charge in [0, 0.05) is 45.4 Å². The number of benzene rings is 1. The molecule has 0 aliphatic carbocycles. The van der Waals surface area contributed by atoms with E-state index in [1.807, 2.05) is 19.9 Å². The van der Waals surface area contributed by atoms with Crippen molar-refractivity contribution in [2.24, 2.45) is 5.92 Å². The van der Waals surface area contributed by atoms with Crippen LogP contribution in [0.1, 0.15) is 92.9 Å². The normalized spacial score (nSPS) is 22.1. The van der Waals surface area contributed by atoms with Crippen LogP contribution >= 0.6 is 0 Å². The SMILES string of the molecule is CC(C)C[C@H]1NC(=O)c2ccccc2OCc2noc(n2)CCCCCCCNC(=O)[C@H](Cc2cccnc2)N(C)C(=O)[C@H]2CCCN2C1=O. The molecule has 0 spiro atoms.